The van der Waals surface area contributed by atoms with E-state index in [4.69, 9.17) is 4.74 Å². The van der Waals surface area contributed by atoms with Crippen LogP contribution in [-0.4, -0.2) is 10.9 Å². The number of hydrogen-bond donors (Lipinski definition) is 1. The number of carbonyl (C=O) groups is 1. The second-order valence-corrected chi connectivity index (χ2v) is 4.61. The maximum Gasteiger partial charge on any atom is 0.274 e. The fourth-order valence-electron chi connectivity index (χ4n) is 1.94. The zero-order valence-corrected chi connectivity index (χ0v) is 11.8. The second kappa shape index (κ2) is 6.54. The molecule has 108 valence electrons. The van der Waals surface area contributed by atoms with Gasteiger partial charge in [0.2, 0.25) is 0 Å². The van der Waals surface area contributed by atoms with Crippen LogP contribution in [-0.2, 0) is 0 Å². The van der Waals surface area contributed by atoms with Crippen LogP contribution in [0.15, 0.2) is 79.0 Å². The highest BCUT2D eigenvalue weighted by Gasteiger charge is 2.09. The minimum atomic E-state index is -0.273. The van der Waals surface area contributed by atoms with E-state index in [0.717, 1.165) is 5.69 Å². The number of aromatic nitrogens is 1. The van der Waals surface area contributed by atoms with Crippen molar-refractivity contribution in [3.8, 4) is 11.5 Å². The summed E-state index contributed by atoms with van der Waals surface area (Å²) in [7, 11) is 0. The van der Waals surface area contributed by atoms with Gasteiger partial charge in [0.15, 0.2) is 0 Å². The Morgan fingerprint density at radius 1 is 0.864 bits per heavy atom. The zero-order valence-electron chi connectivity index (χ0n) is 11.8. The molecule has 0 spiro atoms. The summed E-state index contributed by atoms with van der Waals surface area (Å²) in [6.45, 7) is 0. The lowest BCUT2D eigenvalue weighted by molar-refractivity contribution is 0.102. The highest BCUT2D eigenvalue weighted by molar-refractivity contribution is 6.03. The number of ether oxygens (including phenoxy) is 1. The van der Waals surface area contributed by atoms with E-state index in [2.05, 4.69) is 10.3 Å². The van der Waals surface area contributed by atoms with Crippen molar-refractivity contribution in [1.29, 1.82) is 0 Å². The minimum absolute atomic E-state index is 0.273. The minimum Gasteiger partial charge on any atom is -0.457 e. The molecule has 1 N–H and O–H groups in total. The summed E-state index contributed by atoms with van der Waals surface area (Å²) in [6, 6.07) is 22.0. The van der Waals surface area contributed by atoms with E-state index in [1.54, 1.807) is 18.3 Å². The lowest BCUT2D eigenvalue weighted by atomic mass is 10.3. The number of carbonyl (C=O) groups excluding carboxylic acids is 1. The molecule has 1 heterocycles. The normalized spacial score (nSPS) is 10.0. The monoisotopic (exact) mass is 290 g/mol. The Kier molecular flexibility index (Phi) is 4.11. The van der Waals surface area contributed by atoms with Crippen LogP contribution in [0.2, 0.25) is 0 Å². The van der Waals surface area contributed by atoms with Crippen molar-refractivity contribution in [2.24, 2.45) is 0 Å². The maximum atomic E-state index is 12.2. The molecule has 0 saturated heterocycles. The molecule has 0 unspecified atom stereocenters. The van der Waals surface area contributed by atoms with E-state index in [1.165, 1.54) is 0 Å². The molecule has 4 heteroatoms. The number of nitrogens with zero attached hydrogens (tertiary/aromatic N) is 1. The number of anilines is 1. The van der Waals surface area contributed by atoms with E-state index in [9.17, 15) is 4.79 Å². The number of hydrogen-bond acceptors (Lipinski definition) is 3. The van der Waals surface area contributed by atoms with Gasteiger partial charge in [0.1, 0.15) is 17.2 Å². The Labute approximate surface area is 128 Å². The third-order valence-corrected chi connectivity index (χ3v) is 2.97. The van der Waals surface area contributed by atoms with Crippen LogP contribution in [0.4, 0.5) is 5.69 Å². The first-order valence-electron chi connectivity index (χ1n) is 6.86. The SMILES string of the molecule is O=C(Nc1ccccc1)c1cc(Oc2ccccc2)ccn1. The number of pyridine rings is 1. The molecule has 0 bridgehead atoms. The molecule has 0 atom stereocenters. The van der Waals surface area contributed by atoms with Crippen LogP contribution in [0, 0.1) is 0 Å². The van der Waals surface area contributed by atoms with Gasteiger partial charge in [-0.1, -0.05) is 36.4 Å². The Morgan fingerprint density at radius 3 is 2.27 bits per heavy atom. The van der Waals surface area contributed by atoms with Gasteiger partial charge in [-0.3, -0.25) is 9.78 Å². The third-order valence-electron chi connectivity index (χ3n) is 2.97. The molecule has 1 aromatic heterocycles. The van der Waals surface area contributed by atoms with Crippen LogP contribution in [0.25, 0.3) is 0 Å². The fraction of sp³-hybridized carbons (Fsp3) is 0. The van der Waals surface area contributed by atoms with E-state index in [0.29, 0.717) is 17.2 Å². The summed E-state index contributed by atoms with van der Waals surface area (Å²) >= 11 is 0. The average Bonchev–Trinajstić information content (AvgIpc) is 2.57. The van der Waals surface area contributed by atoms with Crippen molar-refractivity contribution in [3.63, 3.8) is 0 Å². The summed E-state index contributed by atoms with van der Waals surface area (Å²) in [6.07, 6.45) is 1.55. The molecule has 0 aliphatic carbocycles. The van der Waals surface area contributed by atoms with Crippen molar-refractivity contribution in [2.75, 3.05) is 5.32 Å². The van der Waals surface area contributed by atoms with Gasteiger partial charge < -0.3 is 10.1 Å². The van der Waals surface area contributed by atoms with Gasteiger partial charge in [0.25, 0.3) is 5.91 Å². The summed E-state index contributed by atoms with van der Waals surface area (Å²) in [4.78, 5) is 16.3. The highest BCUT2D eigenvalue weighted by atomic mass is 16.5. The summed E-state index contributed by atoms with van der Waals surface area (Å²) in [5, 5.41) is 2.79. The Morgan fingerprint density at radius 2 is 1.55 bits per heavy atom. The predicted octanol–water partition coefficient (Wildman–Crippen LogP) is 4.13. The second-order valence-electron chi connectivity index (χ2n) is 4.61. The number of amides is 1. The first-order chi connectivity index (χ1) is 10.8. The Hall–Kier alpha value is -3.14. The van der Waals surface area contributed by atoms with Crippen LogP contribution < -0.4 is 10.1 Å². The molecule has 3 aromatic rings. The van der Waals surface area contributed by atoms with Gasteiger partial charge in [-0.25, -0.2) is 0 Å². The highest BCUT2D eigenvalue weighted by Crippen LogP contribution is 2.21. The Bertz CT molecular complexity index is 758. The van der Waals surface area contributed by atoms with Crippen molar-refractivity contribution in [3.05, 3.63) is 84.7 Å². The molecule has 0 fully saturated rings. The van der Waals surface area contributed by atoms with Crippen molar-refractivity contribution in [2.45, 2.75) is 0 Å². The zero-order chi connectivity index (χ0) is 15.2. The van der Waals surface area contributed by atoms with Gasteiger partial charge in [-0.05, 0) is 30.3 Å². The molecule has 2 aromatic carbocycles. The lowest BCUT2D eigenvalue weighted by Gasteiger charge is -2.07. The first kappa shape index (κ1) is 13.8. The van der Waals surface area contributed by atoms with E-state index >= 15 is 0 Å². The quantitative estimate of drug-likeness (QED) is 0.786. The van der Waals surface area contributed by atoms with Crippen molar-refractivity contribution >= 4 is 11.6 Å². The lowest BCUT2D eigenvalue weighted by Crippen LogP contribution is -2.13. The molecule has 1 amide bonds. The van der Waals surface area contributed by atoms with Gasteiger partial charge >= 0.3 is 0 Å². The Balaban J connectivity index is 1.75. The maximum absolute atomic E-state index is 12.2. The van der Waals surface area contributed by atoms with Crippen LogP contribution in [0.1, 0.15) is 10.5 Å². The predicted molar refractivity (Wildman–Crippen MR) is 85.1 cm³/mol. The molecule has 0 saturated carbocycles. The van der Waals surface area contributed by atoms with Crippen LogP contribution >= 0.6 is 0 Å². The molecule has 4 nitrogen and oxygen atoms in total. The number of para-hydroxylation sites is 2. The van der Waals surface area contributed by atoms with Gasteiger partial charge in [-0.15, -0.1) is 0 Å². The number of nitrogens with one attached hydrogen (secondary N) is 1. The van der Waals surface area contributed by atoms with Crippen LogP contribution in [0.5, 0.6) is 11.5 Å². The van der Waals surface area contributed by atoms with Crippen molar-refractivity contribution < 1.29 is 9.53 Å². The number of benzene rings is 2. The van der Waals surface area contributed by atoms with E-state index in [1.807, 2.05) is 60.7 Å². The summed E-state index contributed by atoms with van der Waals surface area (Å²) in [5.41, 5.74) is 1.03. The summed E-state index contributed by atoms with van der Waals surface area (Å²) in [5.74, 6) is 1.01. The van der Waals surface area contributed by atoms with Gasteiger partial charge in [-0.2, -0.15) is 0 Å². The summed E-state index contributed by atoms with van der Waals surface area (Å²) < 4.78 is 5.70. The number of rotatable bonds is 4. The smallest absolute Gasteiger partial charge is 0.274 e. The molecule has 3 rings (SSSR count). The molecular formula is C18H14N2O2. The van der Waals surface area contributed by atoms with Gasteiger partial charge in [0, 0.05) is 18.0 Å². The third kappa shape index (κ3) is 3.49. The first-order valence-corrected chi connectivity index (χ1v) is 6.86. The molecule has 22 heavy (non-hydrogen) atoms. The molecule has 0 aliphatic heterocycles. The van der Waals surface area contributed by atoms with Crippen molar-refractivity contribution in [1.82, 2.24) is 4.98 Å². The van der Waals surface area contributed by atoms with Crippen LogP contribution in [0.3, 0.4) is 0 Å². The molecule has 0 radical (unpaired) electrons. The topological polar surface area (TPSA) is 51.2 Å². The largest absolute Gasteiger partial charge is 0.457 e. The average molecular weight is 290 g/mol. The molecule has 0 aliphatic rings. The van der Waals surface area contributed by atoms with Gasteiger partial charge in [0.05, 0.1) is 0 Å². The van der Waals surface area contributed by atoms with E-state index < -0.39 is 0 Å². The standard InChI is InChI=1S/C18H14N2O2/c21-18(20-14-7-3-1-4-8-14)17-13-16(11-12-19-17)22-15-9-5-2-6-10-15/h1-13H,(H,20,21). The fourth-order valence-corrected chi connectivity index (χ4v) is 1.94. The van der Waals surface area contributed by atoms with E-state index in [-0.39, 0.29) is 5.91 Å². The molecular weight excluding hydrogens is 276 g/mol.